The van der Waals surface area contributed by atoms with Gasteiger partial charge in [-0.2, -0.15) is 12.6 Å². The Morgan fingerprint density at radius 2 is 1.94 bits per heavy atom. The van der Waals surface area contributed by atoms with Crippen molar-refractivity contribution in [2.75, 3.05) is 5.75 Å². The van der Waals surface area contributed by atoms with Crippen molar-refractivity contribution in [2.24, 2.45) is 0 Å². The predicted molar refractivity (Wildman–Crippen MR) is 85.9 cm³/mol. The lowest BCUT2D eigenvalue weighted by Crippen LogP contribution is -2.40. The van der Waals surface area contributed by atoms with E-state index in [1.54, 1.807) is 0 Å². The second-order valence-corrected chi connectivity index (χ2v) is 11.5. The van der Waals surface area contributed by atoms with Crippen molar-refractivity contribution < 1.29 is 4.74 Å². The summed E-state index contributed by atoms with van der Waals surface area (Å²) in [7, 11) is -1.46. The molecule has 0 aromatic heterocycles. The molecule has 0 bridgehead atoms. The Morgan fingerprint density at radius 1 is 1.33 bits per heavy atom. The van der Waals surface area contributed by atoms with Crippen molar-refractivity contribution in [2.45, 2.75) is 39.1 Å². The quantitative estimate of drug-likeness (QED) is 0.505. The molecule has 0 saturated carbocycles. The van der Waals surface area contributed by atoms with Gasteiger partial charge in [0.2, 0.25) is 0 Å². The first-order valence-corrected chi connectivity index (χ1v) is 10.2. The standard InChI is InChI=1S/C15H22OSSi/c1-7-12-8-9-13(16-15(2,3)11-17)10-14(12)18(4,5)6/h1,8-10,17H,11H2,2-6H3. The van der Waals surface area contributed by atoms with Crippen LogP contribution in [-0.2, 0) is 0 Å². The molecular weight excluding hydrogens is 256 g/mol. The number of hydrogen-bond acceptors (Lipinski definition) is 2. The van der Waals surface area contributed by atoms with E-state index in [0.717, 1.165) is 11.3 Å². The van der Waals surface area contributed by atoms with Gasteiger partial charge < -0.3 is 4.74 Å². The number of thiol groups is 1. The van der Waals surface area contributed by atoms with Gasteiger partial charge in [-0.05, 0) is 37.2 Å². The highest BCUT2D eigenvalue weighted by atomic mass is 32.1. The lowest BCUT2D eigenvalue weighted by molar-refractivity contribution is 0.136. The van der Waals surface area contributed by atoms with Crippen molar-refractivity contribution in [3.8, 4) is 18.1 Å². The molecule has 0 amide bonds. The van der Waals surface area contributed by atoms with Crippen LogP contribution < -0.4 is 9.92 Å². The molecule has 1 aromatic carbocycles. The Morgan fingerprint density at radius 3 is 2.39 bits per heavy atom. The minimum absolute atomic E-state index is 0.266. The van der Waals surface area contributed by atoms with Crippen LogP contribution in [0.25, 0.3) is 0 Å². The summed E-state index contributed by atoms with van der Waals surface area (Å²) < 4.78 is 5.96. The minimum atomic E-state index is -1.46. The molecule has 0 radical (unpaired) electrons. The van der Waals surface area contributed by atoms with Gasteiger partial charge in [-0.3, -0.25) is 0 Å². The molecule has 1 aromatic rings. The monoisotopic (exact) mass is 278 g/mol. The van der Waals surface area contributed by atoms with Crippen LogP contribution in [0.5, 0.6) is 5.75 Å². The van der Waals surface area contributed by atoms with E-state index in [1.165, 1.54) is 5.19 Å². The lowest BCUT2D eigenvalue weighted by atomic mass is 10.1. The van der Waals surface area contributed by atoms with E-state index in [9.17, 15) is 0 Å². The van der Waals surface area contributed by atoms with Gasteiger partial charge in [0.05, 0.1) is 8.07 Å². The van der Waals surface area contributed by atoms with Crippen LogP contribution in [0.15, 0.2) is 18.2 Å². The number of ether oxygens (including phenoxy) is 1. The Bertz CT molecular complexity index is 466. The maximum Gasteiger partial charge on any atom is 0.120 e. The maximum atomic E-state index is 5.96. The first kappa shape index (κ1) is 15.2. The van der Waals surface area contributed by atoms with Crippen molar-refractivity contribution in [1.29, 1.82) is 0 Å². The average molecular weight is 278 g/mol. The first-order valence-electron chi connectivity index (χ1n) is 6.10. The summed E-state index contributed by atoms with van der Waals surface area (Å²) in [5, 5.41) is 1.28. The molecule has 3 heteroatoms. The van der Waals surface area contributed by atoms with Gasteiger partial charge in [0.25, 0.3) is 0 Å². The number of benzene rings is 1. The summed E-state index contributed by atoms with van der Waals surface area (Å²) in [6.45, 7) is 10.9. The molecule has 0 spiro atoms. The molecule has 0 aliphatic rings. The molecular formula is C15H22OSSi. The van der Waals surface area contributed by atoms with Crippen LogP contribution in [-0.4, -0.2) is 19.4 Å². The predicted octanol–water partition coefficient (Wildman–Crippen LogP) is 3.30. The van der Waals surface area contributed by atoms with Gasteiger partial charge in [0.15, 0.2) is 0 Å². The molecule has 0 N–H and O–H groups in total. The van der Waals surface area contributed by atoms with E-state index in [1.807, 2.05) is 26.0 Å². The van der Waals surface area contributed by atoms with Gasteiger partial charge in [0, 0.05) is 11.3 Å². The zero-order valence-electron chi connectivity index (χ0n) is 11.9. The second-order valence-electron chi connectivity index (χ2n) is 6.12. The van der Waals surface area contributed by atoms with Crippen LogP contribution in [0.2, 0.25) is 19.6 Å². The Kier molecular flexibility index (Phi) is 4.58. The zero-order valence-corrected chi connectivity index (χ0v) is 13.8. The highest BCUT2D eigenvalue weighted by Gasteiger charge is 2.22. The molecule has 0 heterocycles. The van der Waals surface area contributed by atoms with Gasteiger partial charge >= 0.3 is 0 Å². The van der Waals surface area contributed by atoms with Crippen molar-refractivity contribution in [1.82, 2.24) is 0 Å². The van der Waals surface area contributed by atoms with Crippen molar-refractivity contribution in [3.05, 3.63) is 23.8 Å². The molecule has 0 atom stereocenters. The SMILES string of the molecule is C#Cc1ccc(OC(C)(C)CS)cc1[Si](C)(C)C. The molecule has 1 rings (SSSR count). The van der Waals surface area contributed by atoms with Crippen LogP contribution in [0.1, 0.15) is 19.4 Å². The highest BCUT2D eigenvalue weighted by Crippen LogP contribution is 2.20. The minimum Gasteiger partial charge on any atom is -0.487 e. The van der Waals surface area contributed by atoms with Crippen LogP contribution >= 0.6 is 12.6 Å². The van der Waals surface area contributed by atoms with Crippen LogP contribution in [0.4, 0.5) is 0 Å². The smallest absolute Gasteiger partial charge is 0.120 e. The molecule has 0 aliphatic heterocycles. The number of rotatable bonds is 4. The summed E-state index contributed by atoms with van der Waals surface area (Å²) in [6.07, 6.45) is 5.57. The highest BCUT2D eigenvalue weighted by molar-refractivity contribution is 7.80. The normalized spacial score (nSPS) is 12.1. The summed E-state index contributed by atoms with van der Waals surface area (Å²) in [5.74, 6) is 4.32. The average Bonchev–Trinajstić information content (AvgIpc) is 2.27. The fourth-order valence-electron chi connectivity index (χ4n) is 1.68. The van der Waals surface area contributed by atoms with E-state index in [-0.39, 0.29) is 5.60 Å². The molecule has 0 aliphatic carbocycles. The largest absolute Gasteiger partial charge is 0.487 e. The van der Waals surface area contributed by atoms with E-state index >= 15 is 0 Å². The molecule has 0 fully saturated rings. The molecule has 1 nitrogen and oxygen atoms in total. The van der Waals surface area contributed by atoms with E-state index in [2.05, 4.69) is 44.3 Å². The summed E-state index contributed by atoms with van der Waals surface area (Å²) in [6, 6.07) is 6.04. The van der Waals surface area contributed by atoms with Crippen molar-refractivity contribution in [3.63, 3.8) is 0 Å². The molecule has 18 heavy (non-hydrogen) atoms. The van der Waals surface area contributed by atoms with Crippen molar-refractivity contribution >= 4 is 25.9 Å². The fraction of sp³-hybridized carbons (Fsp3) is 0.467. The summed E-state index contributed by atoms with van der Waals surface area (Å²) in [4.78, 5) is 0. The Balaban J connectivity index is 3.17. The summed E-state index contributed by atoms with van der Waals surface area (Å²) in [5.41, 5.74) is 0.725. The molecule has 0 unspecified atom stereocenters. The Labute approximate surface area is 117 Å². The van der Waals surface area contributed by atoms with Gasteiger partial charge in [0.1, 0.15) is 11.4 Å². The Hall–Kier alpha value is -0.853. The summed E-state index contributed by atoms with van der Waals surface area (Å²) >= 11 is 4.30. The third-order valence-corrected chi connectivity index (χ3v) is 5.52. The number of hydrogen-bond donors (Lipinski definition) is 1. The van der Waals surface area contributed by atoms with E-state index in [0.29, 0.717) is 5.75 Å². The van der Waals surface area contributed by atoms with Crippen LogP contribution in [0, 0.1) is 12.3 Å². The first-order chi connectivity index (χ1) is 8.19. The second kappa shape index (κ2) is 5.42. The number of terminal acetylenes is 1. The topological polar surface area (TPSA) is 9.23 Å². The van der Waals surface area contributed by atoms with Gasteiger partial charge in [-0.1, -0.05) is 25.6 Å². The fourth-order valence-corrected chi connectivity index (χ4v) is 3.29. The maximum absolute atomic E-state index is 5.96. The molecule has 0 saturated heterocycles. The third kappa shape index (κ3) is 3.83. The van der Waals surface area contributed by atoms with E-state index < -0.39 is 8.07 Å². The van der Waals surface area contributed by atoms with Gasteiger partial charge in [-0.15, -0.1) is 6.42 Å². The molecule has 98 valence electrons. The third-order valence-electron chi connectivity index (χ3n) is 2.73. The van der Waals surface area contributed by atoms with Gasteiger partial charge in [-0.25, -0.2) is 0 Å². The van der Waals surface area contributed by atoms with E-state index in [4.69, 9.17) is 11.2 Å². The van der Waals surface area contributed by atoms with Crippen LogP contribution in [0.3, 0.4) is 0 Å². The zero-order chi connectivity index (χ0) is 14.0. The lowest BCUT2D eigenvalue weighted by Gasteiger charge is -2.26.